The first-order valence-corrected chi connectivity index (χ1v) is 12.3. The van der Waals surface area contributed by atoms with E-state index in [2.05, 4.69) is 39.4 Å². The van der Waals surface area contributed by atoms with Crippen molar-refractivity contribution in [1.29, 1.82) is 0 Å². The fraction of sp³-hybridized carbons (Fsp3) is 0.286. The van der Waals surface area contributed by atoms with Crippen LogP contribution in [-0.2, 0) is 4.79 Å². The lowest BCUT2D eigenvalue weighted by atomic mass is 9.91. The number of nitrogens with zero attached hydrogens (tertiary/aromatic N) is 4. The van der Waals surface area contributed by atoms with E-state index in [-0.39, 0.29) is 11.8 Å². The monoisotopic (exact) mass is 488 g/mol. The molecule has 4 aromatic rings. The first-order valence-electron chi connectivity index (χ1n) is 11.9. The van der Waals surface area contributed by atoms with E-state index in [4.69, 9.17) is 16.3 Å². The number of benzene rings is 2. The molecule has 2 aromatic carbocycles. The van der Waals surface area contributed by atoms with E-state index in [1.807, 2.05) is 59.8 Å². The van der Waals surface area contributed by atoms with Crippen LogP contribution in [-0.4, -0.2) is 53.5 Å². The number of halogens is 1. The predicted molar refractivity (Wildman–Crippen MR) is 140 cm³/mol. The van der Waals surface area contributed by atoms with Gasteiger partial charge in [-0.2, -0.15) is 0 Å². The summed E-state index contributed by atoms with van der Waals surface area (Å²) in [5.74, 6) is 0.784. The van der Waals surface area contributed by atoms with Crippen LogP contribution in [0.3, 0.4) is 0 Å². The Labute approximate surface area is 210 Å². The molecule has 1 atom stereocenters. The van der Waals surface area contributed by atoms with Crippen LogP contribution in [0, 0.1) is 6.92 Å². The summed E-state index contributed by atoms with van der Waals surface area (Å²) in [4.78, 5) is 22.5. The lowest BCUT2D eigenvalue weighted by Gasteiger charge is -2.36. The number of pyridine rings is 1. The molecule has 2 aromatic heterocycles. The molecule has 1 aliphatic heterocycles. The highest BCUT2D eigenvalue weighted by Crippen LogP contribution is 2.32. The maximum Gasteiger partial charge on any atom is 0.223 e. The predicted octanol–water partition coefficient (Wildman–Crippen LogP) is 5.18. The van der Waals surface area contributed by atoms with Crippen LogP contribution in [0.25, 0.3) is 5.65 Å². The van der Waals surface area contributed by atoms with E-state index in [0.29, 0.717) is 19.5 Å². The molecule has 1 aliphatic rings. The van der Waals surface area contributed by atoms with Crippen LogP contribution < -0.4 is 9.64 Å². The molecule has 1 fully saturated rings. The Morgan fingerprint density at radius 3 is 2.63 bits per heavy atom. The van der Waals surface area contributed by atoms with Gasteiger partial charge in [0.05, 0.1) is 12.8 Å². The number of carbonyl (C=O) groups is 1. The Bertz CT molecular complexity index is 1340. The smallest absolute Gasteiger partial charge is 0.223 e. The molecule has 35 heavy (non-hydrogen) atoms. The molecule has 6 nitrogen and oxygen atoms in total. The van der Waals surface area contributed by atoms with Crippen molar-refractivity contribution in [1.82, 2.24) is 14.3 Å². The largest absolute Gasteiger partial charge is 0.497 e. The Kier molecular flexibility index (Phi) is 6.64. The highest BCUT2D eigenvalue weighted by atomic mass is 35.5. The van der Waals surface area contributed by atoms with E-state index in [0.717, 1.165) is 52.0 Å². The second-order valence-corrected chi connectivity index (χ2v) is 9.39. The number of aryl methyl sites for hydroxylation is 1. The van der Waals surface area contributed by atoms with Crippen LogP contribution in [0.15, 0.2) is 73.1 Å². The summed E-state index contributed by atoms with van der Waals surface area (Å²) in [6.07, 6.45) is 4.29. The number of ether oxygens (including phenoxy) is 1. The van der Waals surface area contributed by atoms with Crippen LogP contribution in [0.5, 0.6) is 5.75 Å². The van der Waals surface area contributed by atoms with Gasteiger partial charge in [-0.1, -0.05) is 35.9 Å². The van der Waals surface area contributed by atoms with Gasteiger partial charge in [0, 0.05) is 61.6 Å². The molecular formula is C28H29ClN4O2. The summed E-state index contributed by atoms with van der Waals surface area (Å²) >= 11 is 6.17. The zero-order valence-corrected chi connectivity index (χ0v) is 20.8. The summed E-state index contributed by atoms with van der Waals surface area (Å²) in [6.45, 7) is 4.98. The van der Waals surface area contributed by atoms with Gasteiger partial charge < -0.3 is 18.9 Å². The van der Waals surface area contributed by atoms with E-state index < -0.39 is 0 Å². The average molecular weight is 489 g/mol. The maximum absolute atomic E-state index is 13.6. The second kappa shape index (κ2) is 10.0. The van der Waals surface area contributed by atoms with Gasteiger partial charge in [0.25, 0.3) is 0 Å². The van der Waals surface area contributed by atoms with E-state index in [1.54, 1.807) is 7.11 Å². The van der Waals surface area contributed by atoms with Crippen LogP contribution in [0.2, 0.25) is 5.02 Å². The van der Waals surface area contributed by atoms with Crippen molar-refractivity contribution in [3.05, 3.63) is 94.9 Å². The number of hydrogen-bond donors (Lipinski definition) is 0. The third kappa shape index (κ3) is 4.84. The standard InChI is InChI=1S/C28H29ClN4O2/c1-20-6-5-11-33-26(19-30-28(20)33)25(21-7-3-10-24(16-21)35-2)18-27(34)32-14-12-31(13-15-32)23-9-4-8-22(29)17-23/h3-11,16-17,19,25H,12-15,18H2,1-2H3. The van der Waals surface area contributed by atoms with Crippen molar-refractivity contribution in [2.45, 2.75) is 19.3 Å². The third-order valence-corrected chi connectivity index (χ3v) is 7.03. The minimum Gasteiger partial charge on any atom is -0.497 e. The van der Waals surface area contributed by atoms with Gasteiger partial charge in [0.1, 0.15) is 11.4 Å². The molecule has 1 unspecified atom stereocenters. The minimum atomic E-state index is -0.139. The number of aromatic nitrogens is 2. The molecule has 1 saturated heterocycles. The fourth-order valence-electron chi connectivity index (χ4n) is 4.87. The number of anilines is 1. The highest BCUT2D eigenvalue weighted by molar-refractivity contribution is 6.30. The maximum atomic E-state index is 13.6. The first-order chi connectivity index (χ1) is 17.0. The number of imidazole rings is 1. The molecule has 180 valence electrons. The molecule has 0 radical (unpaired) electrons. The average Bonchev–Trinajstić information content (AvgIpc) is 3.32. The van der Waals surface area contributed by atoms with Gasteiger partial charge in [0.2, 0.25) is 5.91 Å². The second-order valence-electron chi connectivity index (χ2n) is 8.95. The number of amides is 1. The topological polar surface area (TPSA) is 50.1 Å². The number of carbonyl (C=O) groups excluding carboxylic acids is 1. The Morgan fingerprint density at radius 2 is 1.86 bits per heavy atom. The number of hydrogen-bond acceptors (Lipinski definition) is 4. The van der Waals surface area contributed by atoms with Crippen molar-refractivity contribution in [3.8, 4) is 5.75 Å². The summed E-state index contributed by atoms with van der Waals surface area (Å²) in [5, 5.41) is 0.727. The van der Waals surface area contributed by atoms with Crippen molar-refractivity contribution in [3.63, 3.8) is 0 Å². The highest BCUT2D eigenvalue weighted by Gasteiger charge is 2.27. The van der Waals surface area contributed by atoms with Crippen molar-refractivity contribution >= 4 is 28.8 Å². The summed E-state index contributed by atoms with van der Waals surface area (Å²) in [5.41, 5.74) is 5.16. The van der Waals surface area contributed by atoms with Gasteiger partial charge in [-0.15, -0.1) is 0 Å². The minimum absolute atomic E-state index is 0.139. The zero-order chi connectivity index (χ0) is 24.4. The summed E-state index contributed by atoms with van der Waals surface area (Å²) in [7, 11) is 1.66. The molecule has 0 saturated carbocycles. The van der Waals surface area contributed by atoms with Crippen molar-refractivity contribution in [2.75, 3.05) is 38.2 Å². The van der Waals surface area contributed by atoms with Gasteiger partial charge in [-0.3, -0.25) is 4.79 Å². The Balaban J connectivity index is 1.39. The van der Waals surface area contributed by atoms with E-state index >= 15 is 0 Å². The van der Waals surface area contributed by atoms with Gasteiger partial charge >= 0.3 is 0 Å². The number of piperazine rings is 1. The van der Waals surface area contributed by atoms with Crippen molar-refractivity contribution in [2.24, 2.45) is 0 Å². The van der Waals surface area contributed by atoms with Crippen LogP contribution in [0.4, 0.5) is 5.69 Å². The SMILES string of the molecule is COc1cccc(C(CC(=O)N2CCN(c3cccc(Cl)c3)CC2)c2cnc3c(C)cccn23)c1. The molecule has 5 rings (SSSR count). The van der Waals surface area contributed by atoms with Crippen LogP contribution in [0.1, 0.15) is 29.2 Å². The van der Waals surface area contributed by atoms with Crippen LogP contribution >= 0.6 is 11.6 Å². The zero-order valence-electron chi connectivity index (χ0n) is 20.0. The lowest BCUT2D eigenvalue weighted by molar-refractivity contribution is -0.131. The van der Waals surface area contributed by atoms with Gasteiger partial charge in [-0.25, -0.2) is 4.98 Å². The van der Waals surface area contributed by atoms with Crippen molar-refractivity contribution < 1.29 is 9.53 Å². The molecule has 1 amide bonds. The summed E-state index contributed by atoms with van der Waals surface area (Å²) in [6, 6.07) is 19.9. The molecular weight excluding hydrogens is 460 g/mol. The Morgan fingerprint density at radius 1 is 1.06 bits per heavy atom. The lowest BCUT2D eigenvalue weighted by Crippen LogP contribution is -2.49. The number of methoxy groups -OCH3 is 1. The summed E-state index contributed by atoms with van der Waals surface area (Å²) < 4.78 is 7.58. The molecule has 7 heteroatoms. The fourth-order valence-corrected chi connectivity index (χ4v) is 5.05. The third-order valence-electron chi connectivity index (χ3n) is 6.80. The molecule has 0 bridgehead atoms. The molecule has 0 spiro atoms. The molecule has 0 aliphatic carbocycles. The number of rotatable bonds is 6. The molecule has 3 heterocycles. The number of fused-ring (bicyclic) bond motifs is 1. The quantitative estimate of drug-likeness (QED) is 0.375. The van der Waals surface area contributed by atoms with Gasteiger partial charge in [-0.05, 0) is 54.4 Å². The van der Waals surface area contributed by atoms with Gasteiger partial charge in [0.15, 0.2) is 0 Å². The Hall–Kier alpha value is -3.51. The molecule has 0 N–H and O–H groups in total. The van der Waals surface area contributed by atoms with E-state index in [9.17, 15) is 4.79 Å². The first kappa shape index (κ1) is 23.2. The van der Waals surface area contributed by atoms with E-state index in [1.165, 1.54) is 0 Å². The normalized spacial score (nSPS) is 14.8.